The minimum atomic E-state index is -0.558. The van der Waals surface area contributed by atoms with Crippen LogP contribution in [0.15, 0.2) is 22.7 Å². The SMILES string of the molecule is CCC(C)NC(=O)C(C)Oc1cc(N)ccc1Br. The molecule has 1 aromatic carbocycles. The van der Waals surface area contributed by atoms with E-state index in [2.05, 4.69) is 21.2 Å². The molecule has 0 spiro atoms. The summed E-state index contributed by atoms with van der Waals surface area (Å²) in [6.07, 6.45) is 0.331. The molecule has 0 saturated heterocycles. The van der Waals surface area contributed by atoms with Gasteiger partial charge in [0.25, 0.3) is 5.91 Å². The van der Waals surface area contributed by atoms with Gasteiger partial charge in [0, 0.05) is 17.8 Å². The predicted octanol–water partition coefficient (Wildman–Crippen LogP) is 2.71. The number of hydrogen-bond donors (Lipinski definition) is 2. The molecule has 0 aliphatic rings. The number of benzene rings is 1. The summed E-state index contributed by atoms with van der Waals surface area (Å²) in [7, 11) is 0. The molecule has 1 rings (SSSR count). The van der Waals surface area contributed by atoms with Gasteiger partial charge in [-0.25, -0.2) is 0 Å². The van der Waals surface area contributed by atoms with E-state index in [1.54, 1.807) is 25.1 Å². The maximum atomic E-state index is 11.8. The van der Waals surface area contributed by atoms with Gasteiger partial charge in [-0.15, -0.1) is 0 Å². The van der Waals surface area contributed by atoms with Crippen LogP contribution in [-0.4, -0.2) is 18.1 Å². The molecule has 0 aliphatic heterocycles. The topological polar surface area (TPSA) is 64.3 Å². The van der Waals surface area contributed by atoms with Crippen LogP contribution >= 0.6 is 15.9 Å². The summed E-state index contributed by atoms with van der Waals surface area (Å²) in [4.78, 5) is 11.8. The molecule has 1 aromatic rings. The highest BCUT2D eigenvalue weighted by molar-refractivity contribution is 9.10. The van der Waals surface area contributed by atoms with Crippen molar-refractivity contribution in [1.29, 1.82) is 0 Å². The zero-order valence-electron chi connectivity index (χ0n) is 10.9. The predicted molar refractivity (Wildman–Crippen MR) is 76.5 cm³/mol. The Labute approximate surface area is 116 Å². The molecule has 2 unspecified atom stereocenters. The monoisotopic (exact) mass is 314 g/mol. The maximum Gasteiger partial charge on any atom is 0.260 e. The van der Waals surface area contributed by atoms with Gasteiger partial charge in [0.1, 0.15) is 5.75 Å². The first kappa shape index (κ1) is 14.8. The first-order valence-electron chi connectivity index (χ1n) is 5.96. The number of carbonyl (C=O) groups excluding carboxylic acids is 1. The summed E-state index contributed by atoms with van der Waals surface area (Å²) in [6.45, 7) is 5.69. The molecule has 0 heterocycles. The smallest absolute Gasteiger partial charge is 0.260 e. The number of halogens is 1. The molecule has 0 fully saturated rings. The molecule has 1 amide bonds. The van der Waals surface area contributed by atoms with E-state index in [4.69, 9.17) is 10.5 Å². The number of ether oxygens (including phenoxy) is 1. The van der Waals surface area contributed by atoms with E-state index in [0.29, 0.717) is 11.4 Å². The third-order valence-corrected chi connectivity index (χ3v) is 3.28. The number of amides is 1. The van der Waals surface area contributed by atoms with Crippen molar-refractivity contribution in [2.75, 3.05) is 5.73 Å². The number of anilines is 1. The molecule has 0 radical (unpaired) electrons. The molecule has 3 N–H and O–H groups in total. The largest absolute Gasteiger partial charge is 0.480 e. The fourth-order valence-corrected chi connectivity index (χ4v) is 1.66. The lowest BCUT2D eigenvalue weighted by molar-refractivity contribution is -0.127. The Kier molecular flexibility index (Phi) is 5.47. The van der Waals surface area contributed by atoms with E-state index < -0.39 is 6.10 Å². The average molecular weight is 315 g/mol. The molecule has 100 valence electrons. The van der Waals surface area contributed by atoms with Gasteiger partial charge in [0.05, 0.1) is 4.47 Å². The van der Waals surface area contributed by atoms with E-state index in [9.17, 15) is 4.79 Å². The lowest BCUT2D eigenvalue weighted by atomic mass is 10.2. The van der Waals surface area contributed by atoms with Crippen molar-refractivity contribution in [2.45, 2.75) is 39.3 Å². The van der Waals surface area contributed by atoms with E-state index in [1.807, 2.05) is 13.8 Å². The average Bonchev–Trinajstić information content (AvgIpc) is 2.33. The van der Waals surface area contributed by atoms with Crippen molar-refractivity contribution in [3.63, 3.8) is 0 Å². The van der Waals surface area contributed by atoms with Crippen LogP contribution in [0.3, 0.4) is 0 Å². The van der Waals surface area contributed by atoms with Crippen molar-refractivity contribution >= 4 is 27.5 Å². The molecular weight excluding hydrogens is 296 g/mol. The second kappa shape index (κ2) is 6.64. The lowest BCUT2D eigenvalue weighted by Crippen LogP contribution is -2.41. The number of carbonyl (C=O) groups is 1. The van der Waals surface area contributed by atoms with E-state index in [-0.39, 0.29) is 11.9 Å². The third kappa shape index (κ3) is 4.22. The Balaban J connectivity index is 2.66. The Morgan fingerprint density at radius 3 is 2.78 bits per heavy atom. The fourth-order valence-electron chi connectivity index (χ4n) is 1.32. The second-order valence-electron chi connectivity index (χ2n) is 4.27. The lowest BCUT2D eigenvalue weighted by Gasteiger charge is -2.18. The van der Waals surface area contributed by atoms with Crippen LogP contribution < -0.4 is 15.8 Å². The minimum absolute atomic E-state index is 0.126. The van der Waals surface area contributed by atoms with Gasteiger partial charge in [-0.2, -0.15) is 0 Å². The Morgan fingerprint density at radius 1 is 1.50 bits per heavy atom. The van der Waals surface area contributed by atoms with Crippen molar-refractivity contribution in [3.05, 3.63) is 22.7 Å². The normalized spacial score (nSPS) is 13.8. The summed E-state index contributed by atoms with van der Waals surface area (Å²) in [5.74, 6) is 0.445. The standard InChI is InChI=1S/C13H19BrN2O2/c1-4-8(2)16-13(17)9(3)18-12-7-10(15)5-6-11(12)14/h5-9H,4,15H2,1-3H3,(H,16,17). The fraction of sp³-hybridized carbons (Fsp3) is 0.462. The maximum absolute atomic E-state index is 11.8. The highest BCUT2D eigenvalue weighted by atomic mass is 79.9. The number of hydrogen-bond acceptors (Lipinski definition) is 3. The molecule has 0 bridgehead atoms. The van der Waals surface area contributed by atoms with Crippen LogP contribution in [0.4, 0.5) is 5.69 Å². The highest BCUT2D eigenvalue weighted by Gasteiger charge is 2.17. The van der Waals surface area contributed by atoms with Crippen LogP contribution in [0.25, 0.3) is 0 Å². The number of rotatable bonds is 5. The van der Waals surface area contributed by atoms with Gasteiger partial charge in [0.15, 0.2) is 6.10 Å². The van der Waals surface area contributed by atoms with Crippen molar-refractivity contribution < 1.29 is 9.53 Å². The van der Waals surface area contributed by atoms with Crippen LogP contribution in [0.5, 0.6) is 5.75 Å². The zero-order chi connectivity index (χ0) is 13.7. The first-order chi connectivity index (χ1) is 8.43. The third-order valence-electron chi connectivity index (χ3n) is 2.63. The van der Waals surface area contributed by atoms with Gasteiger partial charge in [0.2, 0.25) is 0 Å². The van der Waals surface area contributed by atoms with Gasteiger partial charge in [-0.05, 0) is 48.3 Å². The summed E-state index contributed by atoms with van der Waals surface area (Å²) in [5, 5.41) is 2.87. The number of nitrogens with one attached hydrogen (secondary N) is 1. The van der Waals surface area contributed by atoms with E-state index in [1.165, 1.54) is 0 Å². The Bertz CT molecular complexity index is 423. The van der Waals surface area contributed by atoms with E-state index >= 15 is 0 Å². The summed E-state index contributed by atoms with van der Waals surface area (Å²) in [6, 6.07) is 5.40. The number of nitrogens with two attached hydrogens (primary N) is 1. The summed E-state index contributed by atoms with van der Waals surface area (Å²) >= 11 is 3.36. The number of nitrogen functional groups attached to an aromatic ring is 1. The molecule has 2 atom stereocenters. The van der Waals surface area contributed by atoms with Crippen molar-refractivity contribution in [1.82, 2.24) is 5.32 Å². The minimum Gasteiger partial charge on any atom is -0.480 e. The quantitative estimate of drug-likeness (QED) is 0.821. The molecule has 5 heteroatoms. The molecule has 18 heavy (non-hydrogen) atoms. The van der Waals surface area contributed by atoms with Gasteiger partial charge < -0.3 is 15.8 Å². The van der Waals surface area contributed by atoms with Crippen molar-refractivity contribution in [3.8, 4) is 5.75 Å². The van der Waals surface area contributed by atoms with Gasteiger partial charge in [-0.3, -0.25) is 4.79 Å². The summed E-state index contributed by atoms with van der Waals surface area (Å²) < 4.78 is 6.37. The van der Waals surface area contributed by atoms with E-state index in [0.717, 1.165) is 10.9 Å². The molecular formula is C13H19BrN2O2. The molecule has 0 aliphatic carbocycles. The Morgan fingerprint density at radius 2 is 2.17 bits per heavy atom. The zero-order valence-corrected chi connectivity index (χ0v) is 12.5. The highest BCUT2D eigenvalue weighted by Crippen LogP contribution is 2.27. The van der Waals surface area contributed by atoms with Crippen LogP contribution in [-0.2, 0) is 4.79 Å². The molecule has 0 aromatic heterocycles. The van der Waals surface area contributed by atoms with Crippen LogP contribution in [0.1, 0.15) is 27.2 Å². The van der Waals surface area contributed by atoms with Gasteiger partial charge in [-0.1, -0.05) is 6.92 Å². The molecule has 0 saturated carbocycles. The second-order valence-corrected chi connectivity index (χ2v) is 5.12. The first-order valence-corrected chi connectivity index (χ1v) is 6.75. The van der Waals surface area contributed by atoms with Gasteiger partial charge >= 0.3 is 0 Å². The van der Waals surface area contributed by atoms with Crippen molar-refractivity contribution in [2.24, 2.45) is 0 Å². The van der Waals surface area contributed by atoms with Crippen LogP contribution in [0.2, 0.25) is 0 Å². The molecule has 4 nitrogen and oxygen atoms in total. The summed E-state index contributed by atoms with van der Waals surface area (Å²) in [5.41, 5.74) is 6.28. The Hall–Kier alpha value is -1.23. The van der Waals surface area contributed by atoms with Crippen LogP contribution in [0, 0.1) is 0 Å².